The minimum Gasteiger partial charge on any atom is -0.368 e. The van der Waals surface area contributed by atoms with Crippen LogP contribution in [0.25, 0.3) is 0 Å². The molecule has 104 valence electrons. The number of carbonyl (C=O) groups is 1. The molecule has 0 heterocycles. The van der Waals surface area contributed by atoms with Crippen molar-refractivity contribution in [3.05, 3.63) is 42.2 Å². The Morgan fingerprint density at radius 2 is 2.11 bits per heavy atom. The Bertz CT molecular complexity index is 477. The molecule has 0 fully saturated rings. The number of halogens is 3. The first kappa shape index (κ1) is 15.2. The molecule has 0 aliphatic rings. The Morgan fingerprint density at radius 1 is 1.42 bits per heavy atom. The number of benzene rings is 1. The summed E-state index contributed by atoms with van der Waals surface area (Å²) in [7, 11) is 0. The predicted octanol–water partition coefficient (Wildman–Crippen LogP) is 3.02. The Balaban J connectivity index is 2.66. The van der Waals surface area contributed by atoms with Crippen molar-refractivity contribution in [1.82, 2.24) is 0 Å². The van der Waals surface area contributed by atoms with Crippen molar-refractivity contribution in [1.29, 1.82) is 0 Å². The standard InChI is InChI=1S/C13H14F3NO2/c1-3-4-7-19-8(2)13(18)17-10-6-5-9(14)11(15)12(10)16/h3,5-6,8H,1,4,7H2,2H3,(H,17,18). The molecular weight excluding hydrogens is 259 g/mol. The van der Waals surface area contributed by atoms with Crippen molar-refractivity contribution in [2.75, 3.05) is 11.9 Å². The third-order valence-corrected chi connectivity index (χ3v) is 2.35. The molecule has 0 radical (unpaired) electrons. The molecule has 1 unspecified atom stereocenters. The van der Waals surface area contributed by atoms with Crippen LogP contribution in [-0.4, -0.2) is 18.6 Å². The van der Waals surface area contributed by atoms with Crippen molar-refractivity contribution < 1.29 is 22.7 Å². The van der Waals surface area contributed by atoms with Gasteiger partial charge in [0.15, 0.2) is 17.5 Å². The van der Waals surface area contributed by atoms with E-state index in [0.29, 0.717) is 13.0 Å². The van der Waals surface area contributed by atoms with Crippen molar-refractivity contribution in [3.63, 3.8) is 0 Å². The van der Waals surface area contributed by atoms with Crippen molar-refractivity contribution in [3.8, 4) is 0 Å². The van der Waals surface area contributed by atoms with Crippen molar-refractivity contribution in [2.24, 2.45) is 0 Å². The molecular formula is C13H14F3NO2. The highest BCUT2D eigenvalue weighted by molar-refractivity contribution is 5.94. The summed E-state index contributed by atoms with van der Waals surface area (Å²) in [5.41, 5.74) is -0.428. The number of ether oxygens (including phenoxy) is 1. The van der Waals surface area contributed by atoms with Crippen molar-refractivity contribution in [2.45, 2.75) is 19.4 Å². The van der Waals surface area contributed by atoms with Gasteiger partial charge in [-0.3, -0.25) is 4.79 Å². The number of carbonyl (C=O) groups excluding carboxylic acids is 1. The van der Waals surface area contributed by atoms with Crippen LogP contribution in [0.5, 0.6) is 0 Å². The Labute approximate surface area is 109 Å². The molecule has 0 bridgehead atoms. The summed E-state index contributed by atoms with van der Waals surface area (Å²) >= 11 is 0. The number of hydrogen-bond donors (Lipinski definition) is 1. The fraction of sp³-hybridized carbons (Fsp3) is 0.308. The third-order valence-electron chi connectivity index (χ3n) is 2.35. The molecule has 0 spiro atoms. The number of nitrogens with one attached hydrogen (secondary N) is 1. The van der Waals surface area contributed by atoms with E-state index in [-0.39, 0.29) is 0 Å². The Kier molecular flexibility index (Phi) is 5.57. The fourth-order valence-corrected chi connectivity index (χ4v) is 1.26. The minimum absolute atomic E-state index is 0.290. The van der Waals surface area contributed by atoms with Crippen LogP contribution >= 0.6 is 0 Å². The van der Waals surface area contributed by atoms with E-state index >= 15 is 0 Å². The molecule has 1 aromatic rings. The first-order valence-corrected chi connectivity index (χ1v) is 5.64. The highest BCUT2D eigenvalue weighted by Crippen LogP contribution is 2.19. The quantitative estimate of drug-likeness (QED) is 0.491. The summed E-state index contributed by atoms with van der Waals surface area (Å²) < 4.78 is 44.1. The second-order valence-corrected chi connectivity index (χ2v) is 3.80. The van der Waals surface area contributed by atoms with Gasteiger partial charge in [0.2, 0.25) is 0 Å². The number of amides is 1. The normalized spacial score (nSPS) is 12.0. The summed E-state index contributed by atoms with van der Waals surface area (Å²) in [6.45, 7) is 5.25. The van der Waals surface area contributed by atoms with Crippen LogP contribution in [0.15, 0.2) is 24.8 Å². The van der Waals surface area contributed by atoms with Crippen LogP contribution in [0.2, 0.25) is 0 Å². The van der Waals surface area contributed by atoms with Crippen LogP contribution in [0, 0.1) is 17.5 Å². The highest BCUT2D eigenvalue weighted by Gasteiger charge is 2.18. The van der Waals surface area contributed by atoms with E-state index in [2.05, 4.69) is 11.9 Å². The average molecular weight is 273 g/mol. The summed E-state index contributed by atoms with van der Waals surface area (Å²) in [6, 6.07) is 1.68. The largest absolute Gasteiger partial charge is 0.368 e. The molecule has 1 rings (SSSR count). The van der Waals surface area contributed by atoms with E-state index in [0.717, 1.165) is 12.1 Å². The summed E-state index contributed by atoms with van der Waals surface area (Å²) in [4.78, 5) is 11.6. The Hall–Kier alpha value is -1.82. The summed E-state index contributed by atoms with van der Waals surface area (Å²) in [5.74, 6) is -5.02. The van der Waals surface area contributed by atoms with Gasteiger partial charge in [-0.1, -0.05) is 6.08 Å². The lowest BCUT2D eigenvalue weighted by molar-refractivity contribution is -0.126. The highest BCUT2D eigenvalue weighted by atomic mass is 19.2. The molecule has 0 aromatic heterocycles. The Morgan fingerprint density at radius 3 is 2.74 bits per heavy atom. The lowest BCUT2D eigenvalue weighted by atomic mass is 10.2. The number of rotatable bonds is 6. The summed E-state index contributed by atoms with van der Waals surface area (Å²) in [6.07, 6.45) is 1.35. The van der Waals surface area contributed by atoms with Gasteiger partial charge in [0.1, 0.15) is 6.10 Å². The van der Waals surface area contributed by atoms with Gasteiger partial charge in [-0.25, -0.2) is 13.2 Å². The van der Waals surface area contributed by atoms with E-state index in [1.165, 1.54) is 6.92 Å². The second kappa shape index (κ2) is 6.94. The van der Waals surface area contributed by atoms with Crippen LogP contribution in [0.3, 0.4) is 0 Å². The van der Waals surface area contributed by atoms with Crippen LogP contribution < -0.4 is 5.32 Å². The molecule has 3 nitrogen and oxygen atoms in total. The maximum atomic E-state index is 13.3. The molecule has 1 atom stereocenters. The topological polar surface area (TPSA) is 38.3 Å². The maximum absolute atomic E-state index is 13.3. The molecule has 19 heavy (non-hydrogen) atoms. The maximum Gasteiger partial charge on any atom is 0.253 e. The number of anilines is 1. The smallest absolute Gasteiger partial charge is 0.253 e. The summed E-state index contributed by atoms with van der Waals surface area (Å²) in [5, 5.41) is 2.13. The zero-order valence-corrected chi connectivity index (χ0v) is 10.4. The van der Waals surface area contributed by atoms with Gasteiger partial charge in [-0.05, 0) is 25.5 Å². The zero-order valence-electron chi connectivity index (χ0n) is 10.4. The van der Waals surface area contributed by atoms with E-state index in [1.807, 2.05) is 0 Å². The molecule has 1 amide bonds. The van der Waals surface area contributed by atoms with Gasteiger partial charge in [0.25, 0.3) is 5.91 Å². The van der Waals surface area contributed by atoms with E-state index in [4.69, 9.17) is 4.74 Å². The average Bonchev–Trinajstić information content (AvgIpc) is 2.39. The first-order chi connectivity index (χ1) is 8.97. The molecule has 0 aliphatic carbocycles. The first-order valence-electron chi connectivity index (χ1n) is 5.64. The lowest BCUT2D eigenvalue weighted by Gasteiger charge is -2.13. The molecule has 6 heteroatoms. The van der Waals surface area contributed by atoms with Crippen LogP contribution in [-0.2, 0) is 9.53 Å². The zero-order chi connectivity index (χ0) is 14.4. The fourth-order valence-electron chi connectivity index (χ4n) is 1.26. The van der Waals surface area contributed by atoms with Gasteiger partial charge in [-0.15, -0.1) is 6.58 Å². The van der Waals surface area contributed by atoms with E-state index < -0.39 is 35.2 Å². The van der Waals surface area contributed by atoms with E-state index in [9.17, 15) is 18.0 Å². The van der Waals surface area contributed by atoms with Gasteiger partial charge in [-0.2, -0.15) is 0 Å². The molecule has 0 saturated carbocycles. The predicted molar refractivity (Wildman–Crippen MR) is 65.2 cm³/mol. The van der Waals surface area contributed by atoms with Crippen molar-refractivity contribution >= 4 is 11.6 Å². The third kappa shape index (κ3) is 4.10. The SMILES string of the molecule is C=CCCOC(C)C(=O)Nc1ccc(F)c(F)c1F. The molecule has 1 N–H and O–H groups in total. The molecule has 0 aliphatic heterocycles. The van der Waals surface area contributed by atoms with E-state index in [1.54, 1.807) is 6.08 Å². The van der Waals surface area contributed by atoms with Gasteiger partial charge >= 0.3 is 0 Å². The second-order valence-electron chi connectivity index (χ2n) is 3.80. The van der Waals surface area contributed by atoms with Gasteiger partial charge < -0.3 is 10.1 Å². The van der Waals surface area contributed by atoms with Gasteiger partial charge in [0, 0.05) is 0 Å². The molecule has 1 aromatic carbocycles. The number of hydrogen-bond acceptors (Lipinski definition) is 2. The van der Waals surface area contributed by atoms with Crippen LogP contribution in [0.1, 0.15) is 13.3 Å². The van der Waals surface area contributed by atoms with Gasteiger partial charge in [0.05, 0.1) is 12.3 Å². The monoisotopic (exact) mass is 273 g/mol. The lowest BCUT2D eigenvalue weighted by Crippen LogP contribution is -2.28. The molecule has 0 saturated heterocycles. The minimum atomic E-state index is -1.63. The van der Waals surface area contributed by atoms with Crippen LogP contribution in [0.4, 0.5) is 18.9 Å².